The summed E-state index contributed by atoms with van der Waals surface area (Å²) in [6, 6.07) is 6.92. The normalized spacial score (nSPS) is 12.9. The Kier molecular flexibility index (Phi) is 4.73. The van der Waals surface area contributed by atoms with E-state index >= 15 is 0 Å². The number of rotatable bonds is 5. The first-order valence-electron chi connectivity index (χ1n) is 5.97. The largest absolute Gasteiger partial charge is 0.497 e. The Hall–Kier alpha value is -1.55. The maximum atomic E-state index is 11.9. The van der Waals surface area contributed by atoms with E-state index in [2.05, 4.69) is 21.1 Å². The van der Waals surface area contributed by atoms with Gasteiger partial charge in [0.15, 0.2) is 0 Å². The van der Waals surface area contributed by atoms with Gasteiger partial charge in [0.05, 0.1) is 33.8 Å². The molecule has 0 amide bonds. The average Bonchev–Trinajstić information content (AvgIpc) is 2.26. The molecule has 0 N–H and O–H groups in total. The molecule has 4 nitrogen and oxygen atoms in total. The second-order valence-electron chi connectivity index (χ2n) is 5.42. The van der Waals surface area contributed by atoms with Gasteiger partial charge in [-0.1, -0.05) is 0 Å². The van der Waals surface area contributed by atoms with Crippen LogP contribution in [-0.4, -0.2) is 51.4 Å². The smallest absolute Gasteiger partial charge is 0.338 e. The zero-order valence-corrected chi connectivity index (χ0v) is 11.8. The van der Waals surface area contributed by atoms with Crippen molar-refractivity contribution in [2.45, 2.75) is 13.0 Å². The minimum atomic E-state index is -0.293. The van der Waals surface area contributed by atoms with E-state index in [0.717, 1.165) is 16.8 Å². The van der Waals surface area contributed by atoms with Gasteiger partial charge in [-0.05, 0) is 31.2 Å². The lowest BCUT2D eigenvalue weighted by Crippen LogP contribution is -2.41. The maximum absolute atomic E-state index is 11.9. The van der Waals surface area contributed by atoms with Gasteiger partial charge in [-0.15, -0.1) is 0 Å². The van der Waals surface area contributed by atoms with Crippen molar-refractivity contribution < 1.29 is 18.8 Å². The first kappa shape index (κ1) is 14.5. The van der Waals surface area contributed by atoms with Gasteiger partial charge in [-0.2, -0.15) is 0 Å². The van der Waals surface area contributed by atoms with Crippen molar-refractivity contribution in [3.8, 4) is 5.75 Å². The summed E-state index contributed by atoms with van der Waals surface area (Å²) in [5.41, 5.74) is 0.545. The summed E-state index contributed by atoms with van der Waals surface area (Å²) in [5, 5.41) is 0. The minimum Gasteiger partial charge on any atom is -0.497 e. The van der Waals surface area contributed by atoms with Crippen LogP contribution in [0.2, 0.25) is 0 Å². The SMILES string of the molecule is COc1ccc(C(=O)OC(C)C[N+](C)(C)C)cc1. The highest BCUT2D eigenvalue weighted by atomic mass is 16.5. The second-order valence-corrected chi connectivity index (χ2v) is 5.42. The number of esters is 1. The molecule has 1 aromatic carbocycles. The summed E-state index contributed by atoms with van der Waals surface area (Å²) >= 11 is 0. The van der Waals surface area contributed by atoms with Gasteiger partial charge in [0.25, 0.3) is 0 Å². The first-order valence-corrected chi connectivity index (χ1v) is 5.97. The van der Waals surface area contributed by atoms with Crippen LogP contribution in [-0.2, 0) is 4.74 Å². The van der Waals surface area contributed by atoms with Crippen molar-refractivity contribution in [1.82, 2.24) is 0 Å². The zero-order valence-electron chi connectivity index (χ0n) is 11.8. The van der Waals surface area contributed by atoms with Gasteiger partial charge in [-0.25, -0.2) is 4.79 Å². The molecule has 18 heavy (non-hydrogen) atoms. The molecular formula is C14H22NO3+. The summed E-state index contributed by atoms with van der Waals surface area (Å²) in [6.45, 7) is 2.69. The van der Waals surface area contributed by atoms with E-state index in [9.17, 15) is 4.79 Å². The number of methoxy groups -OCH3 is 1. The monoisotopic (exact) mass is 252 g/mol. The number of hydrogen-bond donors (Lipinski definition) is 0. The predicted molar refractivity (Wildman–Crippen MR) is 70.8 cm³/mol. The minimum absolute atomic E-state index is 0.111. The van der Waals surface area contributed by atoms with E-state index in [0.29, 0.717) is 5.56 Å². The van der Waals surface area contributed by atoms with Crippen LogP contribution in [0, 0.1) is 0 Å². The van der Waals surface area contributed by atoms with E-state index in [1.54, 1.807) is 31.4 Å². The zero-order chi connectivity index (χ0) is 13.8. The molecule has 0 bridgehead atoms. The van der Waals surface area contributed by atoms with Crippen molar-refractivity contribution >= 4 is 5.97 Å². The molecule has 1 atom stereocenters. The standard InChI is InChI=1S/C14H22NO3/c1-11(10-15(2,3)4)18-14(16)12-6-8-13(17-5)9-7-12/h6-9,11H,10H2,1-5H3/q+1. The van der Waals surface area contributed by atoms with Gasteiger partial charge in [0, 0.05) is 0 Å². The third-order valence-corrected chi connectivity index (χ3v) is 2.44. The Morgan fingerprint density at radius 3 is 2.22 bits per heavy atom. The Morgan fingerprint density at radius 2 is 1.78 bits per heavy atom. The highest BCUT2D eigenvalue weighted by molar-refractivity contribution is 5.89. The molecule has 0 aromatic heterocycles. The van der Waals surface area contributed by atoms with Crippen molar-refractivity contribution in [3.05, 3.63) is 29.8 Å². The van der Waals surface area contributed by atoms with Crippen molar-refractivity contribution in [3.63, 3.8) is 0 Å². The van der Waals surface area contributed by atoms with E-state index < -0.39 is 0 Å². The van der Waals surface area contributed by atoms with Gasteiger partial charge in [0.1, 0.15) is 18.4 Å². The molecule has 1 aromatic rings. The van der Waals surface area contributed by atoms with Crippen LogP contribution in [0.3, 0.4) is 0 Å². The first-order chi connectivity index (χ1) is 8.31. The average molecular weight is 252 g/mol. The molecular weight excluding hydrogens is 230 g/mol. The van der Waals surface area contributed by atoms with Crippen molar-refractivity contribution in [2.24, 2.45) is 0 Å². The fourth-order valence-electron chi connectivity index (χ4n) is 1.79. The van der Waals surface area contributed by atoms with Crippen LogP contribution in [0.5, 0.6) is 5.75 Å². The fourth-order valence-corrected chi connectivity index (χ4v) is 1.79. The third-order valence-electron chi connectivity index (χ3n) is 2.44. The van der Waals surface area contributed by atoms with Crippen LogP contribution in [0.15, 0.2) is 24.3 Å². The summed E-state index contributed by atoms with van der Waals surface area (Å²) in [7, 11) is 7.80. The molecule has 0 aliphatic carbocycles. The lowest BCUT2D eigenvalue weighted by atomic mass is 10.2. The predicted octanol–water partition coefficient (Wildman–Crippen LogP) is 1.95. The molecule has 1 rings (SSSR count). The molecule has 0 saturated heterocycles. The van der Waals surface area contributed by atoms with Crippen LogP contribution in [0.1, 0.15) is 17.3 Å². The lowest BCUT2D eigenvalue weighted by Gasteiger charge is -2.27. The molecule has 0 heterocycles. The Morgan fingerprint density at radius 1 is 1.22 bits per heavy atom. The summed E-state index contributed by atoms with van der Waals surface area (Å²) in [5.74, 6) is 0.435. The van der Waals surface area contributed by atoms with Crippen LogP contribution in [0.25, 0.3) is 0 Å². The second kappa shape index (κ2) is 5.87. The van der Waals surface area contributed by atoms with Gasteiger partial charge >= 0.3 is 5.97 Å². The fraction of sp³-hybridized carbons (Fsp3) is 0.500. The van der Waals surface area contributed by atoms with Gasteiger partial charge in [0.2, 0.25) is 0 Å². The molecule has 1 unspecified atom stereocenters. The molecule has 0 radical (unpaired) electrons. The number of nitrogens with zero attached hydrogens (tertiary/aromatic N) is 1. The molecule has 0 aliphatic rings. The van der Waals surface area contributed by atoms with Gasteiger partial charge in [-0.3, -0.25) is 0 Å². The Bertz CT molecular complexity index is 392. The van der Waals surface area contributed by atoms with Crippen molar-refractivity contribution in [1.29, 1.82) is 0 Å². The highest BCUT2D eigenvalue weighted by Crippen LogP contribution is 2.13. The number of carbonyl (C=O) groups is 1. The number of benzene rings is 1. The number of hydrogen-bond acceptors (Lipinski definition) is 3. The van der Waals surface area contributed by atoms with E-state index in [-0.39, 0.29) is 12.1 Å². The molecule has 0 saturated carbocycles. The number of likely N-dealkylation sites (N-methyl/N-ethyl adjacent to an activating group) is 1. The molecule has 100 valence electrons. The Balaban J connectivity index is 2.59. The third kappa shape index (κ3) is 4.75. The van der Waals surface area contributed by atoms with Crippen molar-refractivity contribution in [2.75, 3.05) is 34.8 Å². The lowest BCUT2D eigenvalue weighted by molar-refractivity contribution is -0.873. The van der Waals surface area contributed by atoms with Gasteiger partial charge < -0.3 is 14.0 Å². The molecule has 0 fully saturated rings. The maximum Gasteiger partial charge on any atom is 0.338 e. The number of ether oxygens (including phenoxy) is 2. The summed E-state index contributed by atoms with van der Waals surface area (Å²) < 4.78 is 11.2. The summed E-state index contributed by atoms with van der Waals surface area (Å²) in [6.07, 6.45) is -0.111. The Labute approximate surface area is 109 Å². The molecule has 0 spiro atoms. The number of quaternary nitrogens is 1. The quantitative estimate of drug-likeness (QED) is 0.593. The van der Waals surface area contributed by atoms with Crippen LogP contribution in [0.4, 0.5) is 0 Å². The van der Waals surface area contributed by atoms with E-state index in [1.807, 2.05) is 6.92 Å². The van der Waals surface area contributed by atoms with E-state index in [1.165, 1.54) is 0 Å². The van der Waals surface area contributed by atoms with Crippen LogP contribution >= 0.6 is 0 Å². The summed E-state index contributed by atoms with van der Waals surface area (Å²) in [4.78, 5) is 11.9. The topological polar surface area (TPSA) is 35.5 Å². The highest BCUT2D eigenvalue weighted by Gasteiger charge is 2.18. The molecule has 4 heteroatoms. The van der Waals surface area contributed by atoms with E-state index in [4.69, 9.17) is 9.47 Å². The number of carbonyl (C=O) groups excluding carboxylic acids is 1. The van der Waals surface area contributed by atoms with Crippen LogP contribution < -0.4 is 4.74 Å². The molecule has 0 aliphatic heterocycles.